The summed E-state index contributed by atoms with van der Waals surface area (Å²) >= 11 is 11.1. The monoisotopic (exact) mass is 344 g/mol. The second-order valence-corrected chi connectivity index (χ2v) is 8.72. The molecule has 1 aromatic heterocycles. The first-order valence-electron chi connectivity index (χ1n) is 6.62. The van der Waals surface area contributed by atoms with E-state index in [2.05, 4.69) is 9.71 Å². The highest BCUT2D eigenvalue weighted by molar-refractivity contribution is 7.90. The van der Waals surface area contributed by atoms with Crippen molar-refractivity contribution in [3.63, 3.8) is 0 Å². The summed E-state index contributed by atoms with van der Waals surface area (Å²) in [7, 11) is 0. The molecule has 0 radical (unpaired) electrons. The Bertz CT molecular complexity index is 658. The summed E-state index contributed by atoms with van der Waals surface area (Å²) in [6, 6.07) is 7.22. The molecular weight excluding hydrogens is 327 g/mol. The average Bonchev–Trinajstić information content (AvgIpc) is 2.37. The first-order valence-corrected chi connectivity index (χ1v) is 8.53. The summed E-state index contributed by atoms with van der Waals surface area (Å²) in [6.07, 6.45) is 0. The number of rotatable bonds is 3. The fourth-order valence-corrected chi connectivity index (χ4v) is 3.14. The molecular formula is C15H18Cl2N2OS. The van der Waals surface area contributed by atoms with Gasteiger partial charge in [-0.3, -0.25) is 0 Å². The molecule has 0 saturated carbocycles. The van der Waals surface area contributed by atoms with Gasteiger partial charge >= 0.3 is 0 Å². The summed E-state index contributed by atoms with van der Waals surface area (Å²) < 4.78 is 14.9. The van der Waals surface area contributed by atoms with Crippen LogP contribution in [0.5, 0.6) is 0 Å². The van der Waals surface area contributed by atoms with Crippen LogP contribution in [0.4, 0.5) is 0 Å². The van der Waals surface area contributed by atoms with Crippen molar-refractivity contribution in [2.75, 3.05) is 0 Å². The first kappa shape index (κ1) is 16.8. The minimum Gasteiger partial charge on any atom is -0.598 e. The number of benzene rings is 1. The van der Waals surface area contributed by atoms with Crippen LogP contribution < -0.4 is 4.72 Å². The molecule has 1 heterocycles. The minimum atomic E-state index is -1.18. The molecule has 0 aliphatic rings. The van der Waals surface area contributed by atoms with E-state index in [1.165, 1.54) is 0 Å². The van der Waals surface area contributed by atoms with Crippen molar-refractivity contribution in [2.45, 2.75) is 38.5 Å². The second kappa shape index (κ2) is 6.31. The second-order valence-electron chi connectivity index (χ2n) is 5.93. The number of fused-ring (bicyclic) bond motifs is 1. The fourth-order valence-electron chi connectivity index (χ4n) is 1.84. The normalized spacial score (nSPS) is 15.2. The van der Waals surface area contributed by atoms with E-state index in [1.54, 1.807) is 6.07 Å². The summed E-state index contributed by atoms with van der Waals surface area (Å²) in [5, 5.41) is 1.98. The number of halogens is 2. The molecule has 0 bridgehead atoms. The van der Waals surface area contributed by atoms with E-state index in [0.29, 0.717) is 10.2 Å². The first-order chi connectivity index (χ1) is 9.68. The molecule has 6 heteroatoms. The maximum atomic E-state index is 12.2. The van der Waals surface area contributed by atoms with E-state index in [-0.39, 0.29) is 10.8 Å². The Morgan fingerprint density at radius 1 is 1.24 bits per heavy atom. The van der Waals surface area contributed by atoms with Crippen LogP contribution in [0.1, 0.15) is 39.3 Å². The van der Waals surface area contributed by atoms with Crippen molar-refractivity contribution in [1.29, 1.82) is 0 Å². The summed E-state index contributed by atoms with van der Waals surface area (Å²) in [5.74, 6) is 0. The van der Waals surface area contributed by atoms with Crippen LogP contribution in [0.2, 0.25) is 10.2 Å². The number of nitrogens with zero attached hydrogens (tertiary/aromatic N) is 1. The van der Waals surface area contributed by atoms with Crippen LogP contribution in [-0.4, -0.2) is 14.3 Å². The molecule has 0 aliphatic heterocycles. The van der Waals surface area contributed by atoms with Gasteiger partial charge in [0.15, 0.2) is 0 Å². The van der Waals surface area contributed by atoms with Gasteiger partial charge in [0, 0.05) is 27.3 Å². The highest BCUT2D eigenvalue weighted by Crippen LogP contribution is 2.28. The minimum absolute atomic E-state index is 0.173. The number of pyridine rings is 1. The van der Waals surface area contributed by atoms with Gasteiger partial charge < -0.3 is 4.55 Å². The Morgan fingerprint density at radius 3 is 2.52 bits per heavy atom. The van der Waals surface area contributed by atoms with Crippen molar-refractivity contribution >= 4 is 45.5 Å². The topological polar surface area (TPSA) is 48.0 Å². The average molecular weight is 345 g/mol. The van der Waals surface area contributed by atoms with Crippen LogP contribution >= 0.6 is 23.2 Å². The number of nitrogens with one attached hydrogen (secondary N) is 1. The van der Waals surface area contributed by atoms with Crippen LogP contribution in [0.3, 0.4) is 0 Å². The zero-order valence-corrected chi connectivity index (χ0v) is 14.7. The molecule has 1 aromatic carbocycles. The van der Waals surface area contributed by atoms with E-state index in [1.807, 2.05) is 45.9 Å². The lowest BCUT2D eigenvalue weighted by Crippen LogP contribution is -2.40. The van der Waals surface area contributed by atoms with Gasteiger partial charge in [0.05, 0.1) is 11.6 Å². The van der Waals surface area contributed by atoms with E-state index >= 15 is 0 Å². The van der Waals surface area contributed by atoms with E-state index in [4.69, 9.17) is 23.2 Å². The van der Waals surface area contributed by atoms with Crippen molar-refractivity contribution in [3.8, 4) is 0 Å². The highest BCUT2D eigenvalue weighted by Gasteiger charge is 2.29. The van der Waals surface area contributed by atoms with Gasteiger partial charge in [0.25, 0.3) is 0 Å². The predicted octanol–water partition coefficient (Wildman–Crippen LogP) is 4.65. The van der Waals surface area contributed by atoms with E-state index in [0.717, 1.165) is 16.5 Å². The van der Waals surface area contributed by atoms with Crippen LogP contribution in [-0.2, 0) is 11.4 Å². The lowest BCUT2D eigenvalue weighted by molar-refractivity contribution is 0.531. The largest absolute Gasteiger partial charge is 0.598 e. The smallest absolute Gasteiger partial charge is 0.136 e. The maximum absolute atomic E-state index is 12.2. The lowest BCUT2D eigenvalue weighted by Gasteiger charge is -2.26. The quantitative estimate of drug-likeness (QED) is 0.650. The zero-order valence-electron chi connectivity index (χ0n) is 12.4. The Hall–Kier alpha value is -0.520. The van der Waals surface area contributed by atoms with Gasteiger partial charge in [-0.2, -0.15) is 0 Å². The molecule has 0 spiro atoms. The van der Waals surface area contributed by atoms with E-state index in [9.17, 15) is 4.55 Å². The SMILES string of the molecule is CC(N[S+]([O-])C(C)(C)C)c1cc2cc(Cl)ccc2nc1Cl. The predicted molar refractivity (Wildman–Crippen MR) is 91.2 cm³/mol. The molecule has 0 amide bonds. The van der Waals surface area contributed by atoms with Crippen molar-refractivity contribution in [1.82, 2.24) is 9.71 Å². The Balaban J connectivity index is 2.34. The molecule has 2 atom stereocenters. The molecule has 3 nitrogen and oxygen atoms in total. The van der Waals surface area contributed by atoms with Gasteiger partial charge in [-0.1, -0.05) is 23.2 Å². The highest BCUT2D eigenvalue weighted by atomic mass is 35.5. The Morgan fingerprint density at radius 2 is 1.90 bits per heavy atom. The van der Waals surface area contributed by atoms with Crippen molar-refractivity contribution < 1.29 is 4.55 Å². The number of hydrogen-bond donors (Lipinski definition) is 1. The fraction of sp³-hybridized carbons (Fsp3) is 0.400. The Labute approximate surface area is 138 Å². The maximum Gasteiger partial charge on any atom is 0.136 e. The number of hydrogen-bond acceptors (Lipinski definition) is 3. The molecule has 1 N–H and O–H groups in total. The lowest BCUT2D eigenvalue weighted by atomic mass is 10.1. The van der Waals surface area contributed by atoms with Gasteiger partial charge in [0.1, 0.15) is 9.90 Å². The molecule has 2 rings (SSSR count). The molecule has 114 valence electrons. The Kier molecular flexibility index (Phi) is 5.06. The number of aromatic nitrogens is 1. The van der Waals surface area contributed by atoms with Gasteiger partial charge in [0.2, 0.25) is 0 Å². The van der Waals surface area contributed by atoms with Gasteiger partial charge in [-0.05, 0) is 52.0 Å². The standard InChI is InChI=1S/C15H18Cl2N2OS/c1-9(19-21(20)15(2,3)4)12-8-10-7-11(16)5-6-13(10)18-14(12)17/h5-9,19H,1-4H3. The van der Waals surface area contributed by atoms with Crippen LogP contribution in [0, 0.1) is 0 Å². The van der Waals surface area contributed by atoms with Crippen molar-refractivity contribution in [2.24, 2.45) is 0 Å². The van der Waals surface area contributed by atoms with Crippen LogP contribution in [0.15, 0.2) is 24.3 Å². The zero-order chi connectivity index (χ0) is 15.8. The summed E-state index contributed by atoms with van der Waals surface area (Å²) in [5.41, 5.74) is 1.60. The van der Waals surface area contributed by atoms with Crippen molar-refractivity contribution in [3.05, 3.63) is 40.0 Å². The molecule has 21 heavy (non-hydrogen) atoms. The molecule has 0 aliphatic carbocycles. The molecule has 2 unspecified atom stereocenters. The molecule has 2 aromatic rings. The third-order valence-corrected chi connectivity index (χ3v) is 5.28. The third-order valence-electron chi connectivity index (χ3n) is 3.06. The van der Waals surface area contributed by atoms with E-state index < -0.39 is 11.4 Å². The third kappa shape index (κ3) is 4.02. The summed E-state index contributed by atoms with van der Waals surface area (Å²) in [4.78, 5) is 4.38. The summed E-state index contributed by atoms with van der Waals surface area (Å²) in [6.45, 7) is 7.68. The molecule has 0 fully saturated rings. The van der Waals surface area contributed by atoms with Crippen LogP contribution in [0.25, 0.3) is 10.9 Å². The molecule has 0 saturated heterocycles. The van der Waals surface area contributed by atoms with Gasteiger partial charge in [-0.25, -0.2) is 4.98 Å². The van der Waals surface area contributed by atoms with Gasteiger partial charge in [-0.15, -0.1) is 4.72 Å².